The standard InChI is InChI=1S/C20H29N5O2S2/c1-2-21-20(22-10-11-23-29(26,27)19-9-6-16-28-19)25-14-12-24(13-15-25)17-18-7-4-3-5-8-18/h3-9,16,23H,2,10-15,17H2,1H3,(H,21,22). The van der Waals surface area contributed by atoms with Crippen molar-refractivity contribution in [2.75, 3.05) is 45.8 Å². The van der Waals surface area contributed by atoms with Crippen molar-refractivity contribution in [3.05, 3.63) is 53.4 Å². The van der Waals surface area contributed by atoms with E-state index in [1.54, 1.807) is 17.5 Å². The van der Waals surface area contributed by atoms with Crippen LogP contribution >= 0.6 is 11.3 Å². The zero-order valence-corrected chi connectivity index (χ0v) is 18.4. The van der Waals surface area contributed by atoms with Crippen molar-refractivity contribution in [1.82, 2.24) is 19.8 Å². The van der Waals surface area contributed by atoms with Crippen molar-refractivity contribution in [3.8, 4) is 0 Å². The zero-order valence-electron chi connectivity index (χ0n) is 16.8. The van der Waals surface area contributed by atoms with Crippen LogP contribution in [0.25, 0.3) is 0 Å². The Labute approximate surface area is 177 Å². The first-order valence-electron chi connectivity index (χ1n) is 9.91. The Balaban J connectivity index is 1.48. The van der Waals surface area contributed by atoms with Crippen LogP contribution in [-0.4, -0.2) is 70.0 Å². The third-order valence-electron chi connectivity index (χ3n) is 4.68. The summed E-state index contributed by atoms with van der Waals surface area (Å²) in [7, 11) is -3.43. The summed E-state index contributed by atoms with van der Waals surface area (Å²) in [4.78, 5) is 9.32. The number of hydrogen-bond acceptors (Lipinski definition) is 5. The zero-order chi connectivity index (χ0) is 20.5. The third kappa shape index (κ3) is 6.53. The maximum absolute atomic E-state index is 12.2. The number of benzene rings is 1. The van der Waals surface area contributed by atoms with Gasteiger partial charge in [0.05, 0.1) is 6.54 Å². The molecule has 0 amide bonds. The van der Waals surface area contributed by atoms with Gasteiger partial charge in [0, 0.05) is 45.8 Å². The van der Waals surface area contributed by atoms with Crippen LogP contribution in [0.1, 0.15) is 12.5 Å². The Morgan fingerprint density at radius 2 is 1.86 bits per heavy atom. The number of nitrogens with zero attached hydrogens (tertiary/aromatic N) is 3. The molecular formula is C20H29N5O2S2. The topological polar surface area (TPSA) is 77.0 Å². The van der Waals surface area contributed by atoms with E-state index in [2.05, 4.69) is 49.1 Å². The summed E-state index contributed by atoms with van der Waals surface area (Å²) in [5.74, 6) is 0.849. The van der Waals surface area contributed by atoms with Crippen molar-refractivity contribution in [2.45, 2.75) is 17.7 Å². The summed E-state index contributed by atoms with van der Waals surface area (Å²) < 4.78 is 27.3. The number of sulfonamides is 1. The molecule has 2 N–H and O–H groups in total. The smallest absolute Gasteiger partial charge is 0.250 e. The number of nitrogens with one attached hydrogen (secondary N) is 2. The van der Waals surface area contributed by atoms with Crippen LogP contribution < -0.4 is 10.0 Å². The molecule has 1 aliphatic rings. The van der Waals surface area contributed by atoms with Crippen molar-refractivity contribution < 1.29 is 8.42 Å². The first-order chi connectivity index (χ1) is 14.1. The molecule has 3 rings (SSSR count). The highest BCUT2D eigenvalue weighted by molar-refractivity contribution is 7.91. The van der Waals surface area contributed by atoms with Gasteiger partial charge < -0.3 is 10.2 Å². The molecule has 0 saturated carbocycles. The molecule has 0 spiro atoms. The van der Waals surface area contributed by atoms with Gasteiger partial charge >= 0.3 is 0 Å². The van der Waals surface area contributed by atoms with Gasteiger partial charge in [0.1, 0.15) is 4.21 Å². The maximum atomic E-state index is 12.2. The van der Waals surface area contributed by atoms with Crippen LogP contribution in [0.15, 0.2) is 57.0 Å². The molecule has 1 aliphatic heterocycles. The molecule has 0 radical (unpaired) electrons. The molecule has 2 heterocycles. The fraction of sp³-hybridized carbons (Fsp3) is 0.450. The van der Waals surface area contributed by atoms with Crippen molar-refractivity contribution in [1.29, 1.82) is 0 Å². The van der Waals surface area contributed by atoms with Crippen molar-refractivity contribution in [3.63, 3.8) is 0 Å². The average Bonchev–Trinajstić information content (AvgIpc) is 3.28. The van der Waals surface area contributed by atoms with E-state index >= 15 is 0 Å². The van der Waals surface area contributed by atoms with E-state index < -0.39 is 10.0 Å². The summed E-state index contributed by atoms with van der Waals surface area (Å²) >= 11 is 1.21. The molecule has 1 aromatic heterocycles. The molecular weight excluding hydrogens is 406 g/mol. The van der Waals surface area contributed by atoms with E-state index in [0.29, 0.717) is 10.8 Å². The minimum atomic E-state index is -3.43. The molecule has 1 aromatic carbocycles. The van der Waals surface area contributed by atoms with E-state index in [9.17, 15) is 8.42 Å². The van der Waals surface area contributed by atoms with E-state index in [1.165, 1.54) is 16.9 Å². The number of guanidine groups is 1. The number of rotatable bonds is 8. The van der Waals surface area contributed by atoms with Gasteiger partial charge in [-0.1, -0.05) is 36.4 Å². The van der Waals surface area contributed by atoms with Gasteiger partial charge in [-0.3, -0.25) is 9.89 Å². The molecule has 0 unspecified atom stereocenters. The minimum Gasteiger partial charge on any atom is -0.357 e. The van der Waals surface area contributed by atoms with Crippen LogP contribution in [0.2, 0.25) is 0 Å². The van der Waals surface area contributed by atoms with Gasteiger partial charge in [-0.15, -0.1) is 11.3 Å². The van der Waals surface area contributed by atoms with Crippen LogP contribution in [-0.2, 0) is 16.6 Å². The van der Waals surface area contributed by atoms with Gasteiger partial charge in [-0.25, -0.2) is 13.1 Å². The van der Waals surface area contributed by atoms with Crippen LogP contribution in [0.5, 0.6) is 0 Å². The molecule has 0 bridgehead atoms. The molecule has 7 nitrogen and oxygen atoms in total. The summed E-state index contributed by atoms with van der Waals surface area (Å²) in [6, 6.07) is 13.9. The predicted octanol–water partition coefficient (Wildman–Crippen LogP) is 1.81. The van der Waals surface area contributed by atoms with Crippen molar-refractivity contribution in [2.24, 2.45) is 4.99 Å². The lowest BCUT2D eigenvalue weighted by Crippen LogP contribution is -2.52. The van der Waals surface area contributed by atoms with E-state index in [1.807, 2.05) is 13.0 Å². The van der Waals surface area contributed by atoms with Gasteiger partial charge in [0.15, 0.2) is 5.96 Å². The number of thiophene rings is 1. The summed E-state index contributed by atoms with van der Waals surface area (Å²) in [5, 5.41) is 5.08. The van der Waals surface area contributed by atoms with Crippen LogP contribution in [0, 0.1) is 0 Å². The minimum absolute atomic E-state index is 0.281. The highest BCUT2D eigenvalue weighted by atomic mass is 32.2. The monoisotopic (exact) mass is 435 g/mol. The molecule has 1 fully saturated rings. The lowest BCUT2D eigenvalue weighted by Gasteiger charge is -2.36. The Bertz CT molecular complexity index is 862. The molecule has 29 heavy (non-hydrogen) atoms. The second kappa shape index (κ2) is 10.7. The van der Waals surface area contributed by atoms with E-state index in [0.717, 1.165) is 45.2 Å². The molecule has 9 heteroatoms. The van der Waals surface area contributed by atoms with E-state index in [-0.39, 0.29) is 6.54 Å². The van der Waals surface area contributed by atoms with Gasteiger partial charge in [0.25, 0.3) is 0 Å². The Morgan fingerprint density at radius 3 is 2.52 bits per heavy atom. The van der Waals surface area contributed by atoms with Gasteiger partial charge in [-0.2, -0.15) is 0 Å². The number of piperazine rings is 1. The lowest BCUT2D eigenvalue weighted by atomic mass is 10.2. The first-order valence-corrected chi connectivity index (χ1v) is 12.3. The Hall–Kier alpha value is -1.94. The van der Waals surface area contributed by atoms with Gasteiger partial charge in [-0.05, 0) is 23.9 Å². The molecule has 1 saturated heterocycles. The second-order valence-corrected chi connectivity index (χ2v) is 9.76. The SMILES string of the molecule is CCNC(=NCCNS(=O)(=O)c1cccs1)N1CCN(Cc2ccccc2)CC1. The summed E-state index contributed by atoms with van der Waals surface area (Å²) in [6.45, 7) is 8.23. The number of hydrogen-bond donors (Lipinski definition) is 2. The fourth-order valence-corrected chi connectivity index (χ4v) is 5.27. The second-order valence-electron chi connectivity index (χ2n) is 6.81. The first kappa shape index (κ1) is 21.8. The molecule has 2 aromatic rings. The normalized spacial score (nSPS) is 16.2. The largest absolute Gasteiger partial charge is 0.357 e. The predicted molar refractivity (Wildman–Crippen MR) is 119 cm³/mol. The summed E-state index contributed by atoms with van der Waals surface area (Å²) in [6.07, 6.45) is 0. The molecule has 0 atom stereocenters. The van der Waals surface area contributed by atoms with E-state index in [4.69, 9.17) is 0 Å². The van der Waals surface area contributed by atoms with Crippen molar-refractivity contribution >= 4 is 27.3 Å². The van der Waals surface area contributed by atoms with Crippen LogP contribution in [0.4, 0.5) is 0 Å². The Morgan fingerprint density at radius 1 is 1.10 bits per heavy atom. The number of aliphatic imine (C=N–C) groups is 1. The molecule has 0 aliphatic carbocycles. The third-order valence-corrected chi connectivity index (χ3v) is 7.54. The molecule has 158 valence electrons. The summed E-state index contributed by atoms with van der Waals surface area (Å²) in [5.41, 5.74) is 1.33. The highest BCUT2D eigenvalue weighted by Gasteiger charge is 2.20. The average molecular weight is 436 g/mol. The highest BCUT2D eigenvalue weighted by Crippen LogP contribution is 2.14. The fourth-order valence-electron chi connectivity index (χ4n) is 3.21. The van der Waals surface area contributed by atoms with Crippen LogP contribution in [0.3, 0.4) is 0 Å². The maximum Gasteiger partial charge on any atom is 0.250 e. The Kier molecular flexibility index (Phi) is 8.05. The van der Waals surface area contributed by atoms with Gasteiger partial charge in [0.2, 0.25) is 10.0 Å². The quantitative estimate of drug-likeness (QED) is 0.376. The lowest BCUT2D eigenvalue weighted by molar-refractivity contribution is 0.172.